The number of amides is 1. The first-order chi connectivity index (χ1) is 6.40. The summed E-state index contributed by atoms with van der Waals surface area (Å²) in [5.41, 5.74) is 0.0631. The van der Waals surface area contributed by atoms with E-state index in [-0.39, 0.29) is 17.3 Å². The third-order valence-electron chi connectivity index (χ3n) is 2.16. The largest absolute Gasteiger partial charge is 0.348 e. The van der Waals surface area contributed by atoms with E-state index in [0.717, 1.165) is 12.8 Å². The van der Waals surface area contributed by atoms with Crippen LogP contribution in [0.25, 0.3) is 0 Å². The number of carbonyl (C=O) groups is 1. The van der Waals surface area contributed by atoms with Crippen LogP contribution in [0.3, 0.4) is 0 Å². The van der Waals surface area contributed by atoms with Crippen molar-refractivity contribution >= 4 is 5.91 Å². The predicted octanol–water partition coefficient (Wildman–Crippen LogP) is 2.70. The van der Waals surface area contributed by atoms with Gasteiger partial charge in [0.1, 0.15) is 5.83 Å². The molecule has 0 aromatic carbocycles. The molecule has 1 amide bonds. The molecule has 1 rings (SSSR count). The van der Waals surface area contributed by atoms with Gasteiger partial charge in [0.15, 0.2) is 0 Å². The van der Waals surface area contributed by atoms with Gasteiger partial charge in [0.05, 0.1) is 0 Å². The molecule has 0 aliphatic heterocycles. The van der Waals surface area contributed by atoms with Gasteiger partial charge < -0.3 is 5.32 Å². The summed E-state index contributed by atoms with van der Waals surface area (Å²) in [4.78, 5) is 11.6. The molecule has 80 valence electrons. The number of halogens is 1. The van der Waals surface area contributed by atoms with Crippen LogP contribution >= 0.6 is 0 Å². The van der Waals surface area contributed by atoms with Crippen molar-refractivity contribution in [2.45, 2.75) is 52.0 Å². The second-order valence-corrected chi connectivity index (χ2v) is 4.79. The zero-order chi connectivity index (χ0) is 10.8. The van der Waals surface area contributed by atoms with Gasteiger partial charge in [-0.2, -0.15) is 0 Å². The lowest BCUT2D eigenvalue weighted by Gasteiger charge is -2.23. The molecule has 0 bridgehead atoms. The number of rotatable bonds is 1. The van der Waals surface area contributed by atoms with Gasteiger partial charge in [-0.25, -0.2) is 4.39 Å². The lowest BCUT2D eigenvalue weighted by molar-refractivity contribution is -0.119. The molecule has 0 radical (unpaired) electrons. The fourth-order valence-electron chi connectivity index (χ4n) is 1.52. The minimum Gasteiger partial charge on any atom is -0.348 e. The molecule has 2 nitrogen and oxygen atoms in total. The highest BCUT2D eigenvalue weighted by atomic mass is 19.1. The van der Waals surface area contributed by atoms with Crippen molar-refractivity contribution in [2.24, 2.45) is 0 Å². The number of hydrogen-bond acceptors (Lipinski definition) is 1. The second kappa shape index (κ2) is 4.11. The molecule has 0 spiro atoms. The Labute approximate surface area is 84.6 Å². The van der Waals surface area contributed by atoms with Gasteiger partial charge in [-0.1, -0.05) is 0 Å². The van der Waals surface area contributed by atoms with Crippen LogP contribution in [0, 0.1) is 0 Å². The van der Waals surface area contributed by atoms with E-state index in [2.05, 4.69) is 5.32 Å². The Morgan fingerprint density at radius 3 is 2.36 bits per heavy atom. The van der Waals surface area contributed by atoms with E-state index >= 15 is 0 Å². The van der Waals surface area contributed by atoms with Gasteiger partial charge in [-0.15, -0.1) is 0 Å². The zero-order valence-corrected chi connectivity index (χ0v) is 9.11. The standard InChI is InChI=1S/C11H18FNO/c1-11(2,3)13-10(14)8-6-4-5-7-9(8)12/h4-7H2,1-3H3,(H,13,14). The predicted molar refractivity (Wildman–Crippen MR) is 54.5 cm³/mol. The zero-order valence-electron chi connectivity index (χ0n) is 9.11. The maximum Gasteiger partial charge on any atom is 0.250 e. The molecule has 0 fully saturated rings. The highest BCUT2D eigenvalue weighted by Crippen LogP contribution is 2.25. The van der Waals surface area contributed by atoms with Crippen LogP contribution in [0.5, 0.6) is 0 Å². The van der Waals surface area contributed by atoms with E-state index in [4.69, 9.17) is 0 Å². The molecule has 0 aromatic rings. The summed E-state index contributed by atoms with van der Waals surface area (Å²) in [5.74, 6) is -0.465. The van der Waals surface area contributed by atoms with Gasteiger partial charge in [0, 0.05) is 11.1 Å². The Morgan fingerprint density at radius 2 is 1.86 bits per heavy atom. The van der Waals surface area contributed by atoms with Crippen LogP contribution in [-0.4, -0.2) is 11.4 Å². The van der Waals surface area contributed by atoms with E-state index in [1.54, 1.807) is 0 Å². The average Bonchev–Trinajstić information content (AvgIpc) is 2.01. The van der Waals surface area contributed by atoms with Crippen molar-refractivity contribution in [3.8, 4) is 0 Å². The SMILES string of the molecule is CC(C)(C)NC(=O)C1=C(F)CCCC1. The first-order valence-corrected chi connectivity index (χ1v) is 5.10. The highest BCUT2D eigenvalue weighted by Gasteiger charge is 2.22. The van der Waals surface area contributed by atoms with Crippen LogP contribution in [0.4, 0.5) is 4.39 Å². The van der Waals surface area contributed by atoms with Crippen molar-refractivity contribution in [1.82, 2.24) is 5.32 Å². The number of carbonyl (C=O) groups excluding carboxylic acids is 1. The van der Waals surface area contributed by atoms with Gasteiger partial charge in [0.25, 0.3) is 0 Å². The van der Waals surface area contributed by atoms with Crippen LogP contribution in [-0.2, 0) is 4.79 Å². The van der Waals surface area contributed by atoms with Crippen molar-refractivity contribution in [3.05, 3.63) is 11.4 Å². The molecule has 1 N–H and O–H groups in total. The summed E-state index contributed by atoms with van der Waals surface area (Å²) in [5, 5.41) is 2.78. The number of hydrogen-bond donors (Lipinski definition) is 1. The summed E-state index contributed by atoms with van der Waals surface area (Å²) in [7, 11) is 0. The Morgan fingerprint density at radius 1 is 1.29 bits per heavy atom. The highest BCUT2D eigenvalue weighted by molar-refractivity contribution is 5.94. The molecular weight excluding hydrogens is 181 g/mol. The molecule has 0 saturated heterocycles. The van der Waals surface area contributed by atoms with Crippen LogP contribution in [0.15, 0.2) is 11.4 Å². The molecule has 0 heterocycles. The van der Waals surface area contributed by atoms with Gasteiger partial charge in [-0.05, 0) is 46.5 Å². The van der Waals surface area contributed by atoms with Crippen molar-refractivity contribution in [2.75, 3.05) is 0 Å². The summed E-state index contributed by atoms with van der Waals surface area (Å²) < 4.78 is 13.3. The van der Waals surface area contributed by atoms with E-state index in [1.165, 1.54) is 0 Å². The maximum absolute atomic E-state index is 13.3. The van der Waals surface area contributed by atoms with Crippen LogP contribution < -0.4 is 5.32 Å². The molecule has 0 aromatic heterocycles. The van der Waals surface area contributed by atoms with E-state index in [1.807, 2.05) is 20.8 Å². The van der Waals surface area contributed by atoms with Gasteiger partial charge in [0.2, 0.25) is 5.91 Å². The van der Waals surface area contributed by atoms with Crippen molar-refractivity contribution < 1.29 is 9.18 Å². The first kappa shape index (κ1) is 11.2. The number of allylic oxidation sites excluding steroid dienone is 1. The number of nitrogens with one attached hydrogen (secondary N) is 1. The molecule has 3 heteroatoms. The fraction of sp³-hybridized carbons (Fsp3) is 0.727. The lowest BCUT2D eigenvalue weighted by atomic mass is 9.97. The normalized spacial score (nSPS) is 18.3. The lowest BCUT2D eigenvalue weighted by Crippen LogP contribution is -2.41. The van der Waals surface area contributed by atoms with Crippen molar-refractivity contribution in [1.29, 1.82) is 0 Å². The summed E-state index contributed by atoms with van der Waals surface area (Å²) >= 11 is 0. The minimum atomic E-state index is -0.290. The first-order valence-electron chi connectivity index (χ1n) is 5.10. The molecule has 1 aliphatic carbocycles. The molecule has 0 atom stereocenters. The van der Waals surface area contributed by atoms with Crippen molar-refractivity contribution in [3.63, 3.8) is 0 Å². The quantitative estimate of drug-likeness (QED) is 0.691. The Bertz CT molecular complexity index is 263. The summed E-state index contributed by atoms with van der Waals surface area (Å²) in [6, 6.07) is 0. The smallest absolute Gasteiger partial charge is 0.250 e. The third kappa shape index (κ3) is 3.13. The van der Waals surface area contributed by atoms with Crippen LogP contribution in [0.1, 0.15) is 46.5 Å². The Hall–Kier alpha value is -0.860. The second-order valence-electron chi connectivity index (χ2n) is 4.79. The topological polar surface area (TPSA) is 29.1 Å². The Kier molecular flexibility index (Phi) is 3.29. The molecule has 0 unspecified atom stereocenters. The van der Waals surface area contributed by atoms with E-state index < -0.39 is 0 Å². The van der Waals surface area contributed by atoms with Gasteiger partial charge in [-0.3, -0.25) is 4.79 Å². The van der Waals surface area contributed by atoms with E-state index in [9.17, 15) is 9.18 Å². The minimum absolute atomic E-state index is 0.224. The fourth-order valence-corrected chi connectivity index (χ4v) is 1.52. The maximum atomic E-state index is 13.3. The molecule has 14 heavy (non-hydrogen) atoms. The summed E-state index contributed by atoms with van der Waals surface area (Å²) in [6.07, 6.45) is 2.78. The van der Waals surface area contributed by atoms with Crippen LogP contribution in [0.2, 0.25) is 0 Å². The molecule has 1 aliphatic rings. The third-order valence-corrected chi connectivity index (χ3v) is 2.16. The summed E-state index contributed by atoms with van der Waals surface area (Å²) in [6.45, 7) is 5.69. The van der Waals surface area contributed by atoms with E-state index in [0.29, 0.717) is 18.4 Å². The Balaban J connectivity index is 2.69. The molecular formula is C11H18FNO. The monoisotopic (exact) mass is 199 g/mol. The average molecular weight is 199 g/mol. The molecule has 0 saturated carbocycles. The van der Waals surface area contributed by atoms with Gasteiger partial charge >= 0.3 is 0 Å².